The zero-order valence-electron chi connectivity index (χ0n) is 31.6. The molecule has 0 fully saturated rings. The number of para-hydroxylation sites is 3. The van der Waals surface area contributed by atoms with E-state index < -0.39 is 6.61 Å². The van der Waals surface area contributed by atoms with E-state index in [1.807, 2.05) is 182 Å². The maximum atomic E-state index is 11.7. The molecule has 0 heterocycles. The molecule has 0 radical (unpaired) electrons. The topological polar surface area (TPSA) is 75.8 Å². The lowest BCUT2D eigenvalue weighted by molar-refractivity contribution is 0.279. The molecule has 0 saturated heterocycles. The van der Waals surface area contributed by atoms with Crippen molar-refractivity contribution >= 4 is 51.4 Å². The zero-order chi connectivity index (χ0) is 39.2. The second-order valence-corrected chi connectivity index (χ2v) is 12.7. The number of methoxy groups -OCH3 is 2. The lowest BCUT2D eigenvalue weighted by Crippen LogP contribution is -2.11. The summed E-state index contributed by atoms with van der Waals surface area (Å²) in [6, 6.07) is 58.5. The average molecular weight is 742 g/mol. The Hall–Kier alpha value is -7.55. The number of hydrogen-bond acceptors (Lipinski definition) is 6. The Morgan fingerprint density at radius 2 is 0.667 bits per heavy atom. The van der Waals surface area contributed by atoms with Gasteiger partial charge in [-0.3, -0.25) is 0 Å². The summed E-state index contributed by atoms with van der Waals surface area (Å²) in [5, 5.41) is 11.7. The van der Waals surface area contributed by atoms with Gasteiger partial charge >= 0.3 is 0 Å². The third-order valence-corrected chi connectivity index (χ3v) is 9.17. The van der Waals surface area contributed by atoms with Gasteiger partial charge in [-0.25, -0.2) is 15.0 Å². The monoisotopic (exact) mass is 741 g/mol. The van der Waals surface area contributed by atoms with Crippen LogP contribution in [0.3, 0.4) is 0 Å². The van der Waals surface area contributed by atoms with Crippen molar-refractivity contribution in [2.24, 2.45) is 15.0 Å². The van der Waals surface area contributed by atoms with Gasteiger partial charge in [0.15, 0.2) is 0 Å². The molecule has 7 rings (SSSR count). The second kappa shape index (κ2) is 18.7. The third-order valence-electron chi connectivity index (χ3n) is 9.17. The molecule has 6 heteroatoms. The number of rotatable bonds is 12. The van der Waals surface area contributed by atoms with Crippen LogP contribution in [0.15, 0.2) is 197 Å². The van der Waals surface area contributed by atoms with Crippen LogP contribution in [0, 0.1) is 0 Å². The summed E-state index contributed by atoms with van der Waals surface area (Å²) >= 11 is 0. The van der Waals surface area contributed by atoms with Gasteiger partial charge < -0.3 is 14.6 Å². The van der Waals surface area contributed by atoms with E-state index in [0.29, 0.717) is 61.8 Å². The molecule has 0 bridgehead atoms. The van der Waals surface area contributed by atoms with Crippen LogP contribution in [0.25, 0.3) is 16.7 Å². The molecule has 7 aromatic rings. The van der Waals surface area contributed by atoms with Gasteiger partial charge in [0.2, 0.25) is 0 Å². The Balaban J connectivity index is 1.72. The third kappa shape index (κ3) is 8.73. The van der Waals surface area contributed by atoms with Crippen LogP contribution in [0.2, 0.25) is 0 Å². The minimum atomic E-state index is -0.410. The predicted octanol–water partition coefficient (Wildman–Crippen LogP) is 11.5. The van der Waals surface area contributed by atoms with Crippen LogP contribution in [-0.2, 0) is 6.61 Å². The maximum absolute atomic E-state index is 11.7. The standard InChI is InChI=1S/C51H39N3O3/c1-56-50-47(43(37-21-9-3-10-22-37)33-52-40-27-15-6-16-28-40)46(36-55)48(44(38-23-11-4-12-24-38)34-53-41-29-17-7-18-30-41)51(57-2)49(50)45(39-25-13-5-14-26-39)35-54-42-31-19-8-20-32-42/h3-32,55H,36H2,1-2H3. The van der Waals surface area contributed by atoms with E-state index in [9.17, 15) is 5.11 Å². The van der Waals surface area contributed by atoms with E-state index in [-0.39, 0.29) is 0 Å². The van der Waals surface area contributed by atoms with Crippen molar-refractivity contribution in [3.63, 3.8) is 0 Å². The maximum Gasteiger partial charge on any atom is 0.140 e. The van der Waals surface area contributed by atoms with Crippen LogP contribution in [0.5, 0.6) is 11.5 Å². The highest BCUT2D eigenvalue weighted by atomic mass is 16.5. The van der Waals surface area contributed by atoms with Crippen molar-refractivity contribution in [3.05, 3.63) is 221 Å². The Kier molecular flexibility index (Phi) is 12.4. The molecule has 0 amide bonds. The number of nitrogens with zero attached hydrogens (tertiary/aromatic N) is 3. The number of aliphatic hydroxyl groups is 1. The normalized spacial score (nSPS) is 10.2. The van der Waals surface area contributed by atoms with E-state index in [4.69, 9.17) is 24.5 Å². The lowest BCUT2D eigenvalue weighted by Gasteiger charge is -2.26. The van der Waals surface area contributed by atoms with Crippen molar-refractivity contribution in [3.8, 4) is 11.5 Å². The van der Waals surface area contributed by atoms with Crippen molar-refractivity contribution in [1.29, 1.82) is 0 Å². The van der Waals surface area contributed by atoms with E-state index >= 15 is 0 Å². The quantitative estimate of drug-likeness (QED) is 0.127. The fourth-order valence-electron chi connectivity index (χ4n) is 6.55. The van der Waals surface area contributed by atoms with Gasteiger partial charge in [-0.1, -0.05) is 146 Å². The van der Waals surface area contributed by atoms with E-state index in [0.717, 1.165) is 22.4 Å². The van der Waals surface area contributed by atoms with Gasteiger partial charge in [0.05, 0.1) is 60.2 Å². The summed E-state index contributed by atoms with van der Waals surface area (Å²) in [4.78, 5) is 14.5. The molecular formula is C51H39N3O3. The molecule has 0 atom stereocenters. The van der Waals surface area contributed by atoms with Crippen molar-refractivity contribution in [2.45, 2.75) is 6.61 Å². The van der Waals surface area contributed by atoms with E-state index in [1.165, 1.54) is 0 Å². The molecule has 0 aliphatic rings. The number of benzene rings is 7. The average Bonchev–Trinajstić information content (AvgIpc) is 3.28. The number of hydrogen-bond donors (Lipinski definition) is 1. The molecule has 0 saturated carbocycles. The Morgan fingerprint density at radius 1 is 0.404 bits per heavy atom. The van der Waals surface area contributed by atoms with Crippen LogP contribution in [0.1, 0.15) is 38.9 Å². The molecule has 6 nitrogen and oxygen atoms in total. The number of aliphatic hydroxyl groups excluding tert-OH is 1. The number of ether oxygens (including phenoxy) is 2. The Labute approximate surface area is 333 Å². The fourth-order valence-corrected chi connectivity index (χ4v) is 6.55. The van der Waals surface area contributed by atoms with Crippen LogP contribution < -0.4 is 9.47 Å². The first-order valence-electron chi connectivity index (χ1n) is 18.5. The van der Waals surface area contributed by atoms with Gasteiger partial charge in [0.25, 0.3) is 0 Å². The lowest BCUT2D eigenvalue weighted by atomic mass is 9.82. The minimum Gasteiger partial charge on any atom is -0.495 e. The molecule has 0 aromatic heterocycles. The first kappa shape index (κ1) is 37.8. The van der Waals surface area contributed by atoms with E-state index in [1.54, 1.807) is 14.2 Å². The van der Waals surface area contributed by atoms with Crippen molar-refractivity contribution in [1.82, 2.24) is 0 Å². The van der Waals surface area contributed by atoms with Gasteiger partial charge in [-0.15, -0.1) is 0 Å². The number of aliphatic imine (C=N–C) groups is 3. The summed E-state index contributed by atoms with van der Waals surface area (Å²) in [6.07, 6.45) is 0. The minimum absolute atomic E-state index is 0.410. The molecule has 0 spiro atoms. The SMILES string of the molecule is COc1c(C(=C=Nc2ccccc2)c2ccccc2)c(CO)c(C(=C=Nc2ccccc2)c2ccccc2)c(OC)c1C(=C=Nc1ccccc1)c1ccccc1. The molecule has 0 aliphatic carbocycles. The first-order valence-corrected chi connectivity index (χ1v) is 18.5. The predicted molar refractivity (Wildman–Crippen MR) is 233 cm³/mol. The summed E-state index contributed by atoms with van der Waals surface area (Å²) in [5.41, 5.74) is 8.51. The Morgan fingerprint density at radius 3 is 0.930 bits per heavy atom. The van der Waals surface area contributed by atoms with Crippen LogP contribution in [-0.4, -0.2) is 36.9 Å². The van der Waals surface area contributed by atoms with Gasteiger partial charge in [0.1, 0.15) is 11.5 Å². The molecule has 0 unspecified atom stereocenters. The first-order chi connectivity index (χ1) is 28.2. The zero-order valence-corrected chi connectivity index (χ0v) is 31.6. The fraction of sp³-hybridized carbons (Fsp3) is 0.0588. The van der Waals surface area contributed by atoms with Crippen LogP contribution >= 0.6 is 0 Å². The molecular weight excluding hydrogens is 703 g/mol. The second-order valence-electron chi connectivity index (χ2n) is 12.7. The highest BCUT2D eigenvalue weighted by Gasteiger charge is 2.32. The van der Waals surface area contributed by atoms with Gasteiger partial charge in [0, 0.05) is 16.7 Å². The molecule has 276 valence electrons. The smallest absolute Gasteiger partial charge is 0.140 e. The summed E-state index contributed by atoms with van der Waals surface area (Å²) in [7, 11) is 3.22. The Bertz CT molecular complexity index is 2320. The molecule has 1 N–H and O–H groups in total. The summed E-state index contributed by atoms with van der Waals surface area (Å²) < 4.78 is 13.0. The summed E-state index contributed by atoms with van der Waals surface area (Å²) in [6.45, 7) is -0.410. The summed E-state index contributed by atoms with van der Waals surface area (Å²) in [5.74, 6) is 11.0. The molecule has 7 aromatic carbocycles. The van der Waals surface area contributed by atoms with Gasteiger partial charge in [-0.2, -0.15) is 0 Å². The molecule has 0 aliphatic heterocycles. The van der Waals surface area contributed by atoms with Crippen LogP contribution in [0.4, 0.5) is 17.1 Å². The highest BCUT2D eigenvalue weighted by Crippen LogP contribution is 2.50. The largest absolute Gasteiger partial charge is 0.495 e. The highest BCUT2D eigenvalue weighted by molar-refractivity contribution is 6.12. The van der Waals surface area contributed by atoms with Crippen molar-refractivity contribution < 1.29 is 14.6 Å². The van der Waals surface area contributed by atoms with Crippen molar-refractivity contribution in [2.75, 3.05) is 14.2 Å². The molecule has 57 heavy (non-hydrogen) atoms. The van der Waals surface area contributed by atoms with E-state index in [2.05, 4.69) is 17.6 Å². The van der Waals surface area contributed by atoms with Gasteiger partial charge in [-0.05, 0) is 70.7 Å².